The topological polar surface area (TPSA) is 26.3 Å². The van der Waals surface area contributed by atoms with Crippen LogP contribution in [0.5, 0.6) is 0 Å². The van der Waals surface area contributed by atoms with Crippen LogP contribution in [0.15, 0.2) is 12.1 Å². The molecule has 0 saturated carbocycles. The van der Waals surface area contributed by atoms with E-state index in [1.54, 1.807) is 0 Å². The van der Waals surface area contributed by atoms with Gasteiger partial charge in [0.05, 0.1) is 13.5 Å². The summed E-state index contributed by atoms with van der Waals surface area (Å²) in [6.07, 6.45) is 3.68. The van der Waals surface area contributed by atoms with Crippen molar-refractivity contribution in [2.75, 3.05) is 7.11 Å². The maximum atomic E-state index is 11.3. The summed E-state index contributed by atoms with van der Waals surface area (Å²) in [6, 6.07) is 4.09. The van der Waals surface area contributed by atoms with E-state index in [9.17, 15) is 4.79 Å². The quantitative estimate of drug-likeness (QED) is 0.773. The average molecular weight is 253 g/mol. The van der Waals surface area contributed by atoms with E-state index in [1.165, 1.54) is 24.7 Å². The number of fused-ring (bicyclic) bond motifs is 1. The molecule has 0 fully saturated rings. The number of esters is 1. The number of carbonyl (C=O) groups is 1. The van der Waals surface area contributed by atoms with E-state index < -0.39 is 0 Å². The smallest absolute Gasteiger partial charge is 0.310 e. The van der Waals surface area contributed by atoms with E-state index in [2.05, 4.69) is 17.7 Å². The molecule has 2 rings (SSSR count). The fourth-order valence-corrected chi connectivity index (χ4v) is 2.69. The van der Waals surface area contributed by atoms with Crippen molar-refractivity contribution >= 4 is 17.6 Å². The van der Waals surface area contributed by atoms with Crippen molar-refractivity contribution in [3.8, 4) is 0 Å². The Bertz CT molecular complexity index is 440. The molecule has 1 aromatic carbocycles. The molecular formula is C14H17ClO2. The number of carbonyl (C=O) groups excluding carboxylic acids is 1. The first-order chi connectivity index (χ1) is 8.13. The summed E-state index contributed by atoms with van der Waals surface area (Å²) in [5, 5.41) is 0.686. The predicted molar refractivity (Wildman–Crippen MR) is 68.4 cm³/mol. The number of rotatable bonds is 3. The van der Waals surface area contributed by atoms with E-state index in [-0.39, 0.29) is 12.4 Å². The fraction of sp³-hybridized carbons (Fsp3) is 0.500. The van der Waals surface area contributed by atoms with Crippen LogP contribution in [0.25, 0.3) is 0 Å². The van der Waals surface area contributed by atoms with E-state index in [1.807, 2.05) is 6.07 Å². The molecule has 1 unspecified atom stereocenters. The van der Waals surface area contributed by atoms with Crippen LogP contribution in [0.3, 0.4) is 0 Å². The lowest BCUT2D eigenvalue weighted by molar-refractivity contribution is -0.139. The second kappa shape index (κ2) is 5.09. The molecule has 0 aromatic heterocycles. The number of methoxy groups -OCH3 is 1. The minimum absolute atomic E-state index is 0.239. The molecule has 1 aliphatic rings. The van der Waals surface area contributed by atoms with Crippen molar-refractivity contribution in [1.82, 2.24) is 0 Å². The van der Waals surface area contributed by atoms with Gasteiger partial charge in [-0.3, -0.25) is 4.79 Å². The standard InChI is InChI=1S/C14H17ClO2/c1-3-9-4-10-6-12(8-14(16)17-2)13(15)7-11(10)5-9/h6-7,9H,3-5,8H2,1-2H3. The molecule has 0 N–H and O–H groups in total. The van der Waals surface area contributed by atoms with Crippen molar-refractivity contribution in [3.05, 3.63) is 33.8 Å². The minimum Gasteiger partial charge on any atom is -0.469 e. The zero-order chi connectivity index (χ0) is 12.4. The first-order valence-electron chi connectivity index (χ1n) is 6.01. The van der Waals surface area contributed by atoms with Gasteiger partial charge in [-0.15, -0.1) is 0 Å². The van der Waals surface area contributed by atoms with Gasteiger partial charge in [0.15, 0.2) is 0 Å². The summed E-state index contributed by atoms with van der Waals surface area (Å²) >= 11 is 6.19. The maximum absolute atomic E-state index is 11.3. The van der Waals surface area contributed by atoms with Crippen molar-refractivity contribution in [1.29, 1.82) is 0 Å². The third-order valence-corrected chi connectivity index (χ3v) is 3.88. The van der Waals surface area contributed by atoms with Gasteiger partial charge in [0.25, 0.3) is 0 Å². The lowest BCUT2D eigenvalue weighted by Gasteiger charge is -2.06. The Kier molecular flexibility index (Phi) is 3.72. The van der Waals surface area contributed by atoms with Crippen LogP contribution >= 0.6 is 11.6 Å². The summed E-state index contributed by atoms with van der Waals surface area (Å²) in [5.74, 6) is 0.492. The van der Waals surface area contributed by atoms with E-state index in [0.717, 1.165) is 24.3 Å². The normalized spacial score (nSPS) is 17.9. The zero-order valence-electron chi connectivity index (χ0n) is 10.3. The lowest BCUT2D eigenvalue weighted by atomic mass is 10.0. The van der Waals surface area contributed by atoms with Crippen LogP contribution in [-0.2, 0) is 28.8 Å². The van der Waals surface area contributed by atoms with Crippen molar-refractivity contribution < 1.29 is 9.53 Å². The summed E-state index contributed by atoms with van der Waals surface area (Å²) in [5.41, 5.74) is 3.57. The molecule has 0 bridgehead atoms. The van der Waals surface area contributed by atoms with E-state index in [0.29, 0.717) is 5.02 Å². The first-order valence-corrected chi connectivity index (χ1v) is 6.38. The van der Waals surface area contributed by atoms with Gasteiger partial charge in [-0.25, -0.2) is 0 Å². The Balaban J connectivity index is 2.24. The number of benzene rings is 1. The number of hydrogen-bond acceptors (Lipinski definition) is 2. The molecule has 1 aromatic rings. The van der Waals surface area contributed by atoms with Crippen LogP contribution in [0.1, 0.15) is 30.0 Å². The van der Waals surface area contributed by atoms with Crippen LogP contribution in [0.2, 0.25) is 5.02 Å². The highest BCUT2D eigenvalue weighted by Gasteiger charge is 2.22. The molecule has 1 aliphatic carbocycles. The van der Waals surface area contributed by atoms with E-state index >= 15 is 0 Å². The summed E-state index contributed by atoms with van der Waals surface area (Å²) < 4.78 is 4.67. The molecule has 0 heterocycles. The Hall–Kier alpha value is -1.02. The van der Waals surface area contributed by atoms with Gasteiger partial charge in [-0.1, -0.05) is 31.0 Å². The molecule has 0 radical (unpaired) electrons. The predicted octanol–water partition coefficient (Wildman–Crippen LogP) is 3.18. The maximum Gasteiger partial charge on any atom is 0.310 e. The van der Waals surface area contributed by atoms with Crippen LogP contribution < -0.4 is 0 Å². The van der Waals surface area contributed by atoms with Crippen molar-refractivity contribution in [2.45, 2.75) is 32.6 Å². The lowest BCUT2D eigenvalue weighted by Crippen LogP contribution is -2.05. The third kappa shape index (κ3) is 2.63. The summed E-state index contributed by atoms with van der Waals surface area (Å²) in [7, 11) is 1.40. The summed E-state index contributed by atoms with van der Waals surface area (Å²) in [4.78, 5) is 11.3. The van der Waals surface area contributed by atoms with E-state index in [4.69, 9.17) is 11.6 Å². The summed E-state index contributed by atoms with van der Waals surface area (Å²) in [6.45, 7) is 2.22. The molecule has 0 aliphatic heterocycles. The third-order valence-electron chi connectivity index (χ3n) is 3.53. The molecule has 3 heteroatoms. The van der Waals surface area contributed by atoms with Gasteiger partial charge in [-0.2, -0.15) is 0 Å². The molecular weight excluding hydrogens is 236 g/mol. The van der Waals surface area contributed by atoms with Gasteiger partial charge in [-0.05, 0) is 41.5 Å². The number of halogens is 1. The van der Waals surface area contributed by atoms with Gasteiger partial charge in [0.2, 0.25) is 0 Å². The Morgan fingerprint density at radius 3 is 2.65 bits per heavy atom. The second-order valence-electron chi connectivity index (χ2n) is 4.65. The Morgan fingerprint density at radius 1 is 1.41 bits per heavy atom. The van der Waals surface area contributed by atoms with Crippen molar-refractivity contribution in [3.63, 3.8) is 0 Å². The van der Waals surface area contributed by atoms with Gasteiger partial charge in [0.1, 0.15) is 0 Å². The minimum atomic E-state index is -0.239. The zero-order valence-corrected chi connectivity index (χ0v) is 11.0. The largest absolute Gasteiger partial charge is 0.469 e. The molecule has 0 saturated heterocycles. The molecule has 92 valence electrons. The molecule has 0 spiro atoms. The highest BCUT2D eigenvalue weighted by atomic mass is 35.5. The first kappa shape index (κ1) is 12.4. The Morgan fingerprint density at radius 2 is 2.06 bits per heavy atom. The second-order valence-corrected chi connectivity index (χ2v) is 5.05. The van der Waals surface area contributed by atoms with Crippen molar-refractivity contribution in [2.24, 2.45) is 5.92 Å². The van der Waals surface area contributed by atoms with Crippen LogP contribution in [-0.4, -0.2) is 13.1 Å². The fourth-order valence-electron chi connectivity index (χ4n) is 2.44. The monoisotopic (exact) mass is 252 g/mol. The highest BCUT2D eigenvalue weighted by Crippen LogP contribution is 2.33. The van der Waals surface area contributed by atoms with Gasteiger partial charge < -0.3 is 4.74 Å². The molecule has 17 heavy (non-hydrogen) atoms. The van der Waals surface area contributed by atoms with Crippen LogP contribution in [0, 0.1) is 5.92 Å². The SMILES string of the molecule is CCC1Cc2cc(Cl)c(CC(=O)OC)cc2C1. The molecule has 0 amide bonds. The number of ether oxygens (including phenoxy) is 1. The molecule has 2 nitrogen and oxygen atoms in total. The highest BCUT2D eigenvalue weighted by molar-refractivity contribution is 6.31. The van der Waals surface area contributed by atoms with Crippen LogP contribution in [0.4, 0.5) is 0 Å². The van der Waals surface area contributed by atoms with Gasteiger partial charge >= 0.3 is 5.97 Å². The average Bonchev–Trinajstić information content (AvgIpc) is 2.71. The molecule has 1 atom stereocenters. The Labute approximate surface area is 107 Å². The number of hydrogen-bond donors (Lipinski definition) is 0. The van der Waals surface area contributed by atoms with Gasteiger partial charge in [0, 0.05) is 5.02 Å².